The number of sulfone groups is 1. The number of esters is 1. The fourth-order valence-electron chi connectivity index (χ4n) is 1.86. The van der Waals surface area contributed by atoms with Gasteiger partial charge in [-0.25, -0.2) is 13.2 Å². The van der Waals surface area contributed by atoms with Crippen molar-refractivity contribution >= 4 is 15.8 Å². The normalized spacial score (nSPS) is 12.7. The van der Waals surface area contributed by atoms with Crippen molar-refractivity contribution in [3.63, 3.8) is 0 Å². The predicted molar refractivity (Wildman–Crippen MR) is 79.8 cm³/mol. The van der Waals surface area contributed by atoms with E-state index < -0.39 is 15.8 Å². The molecule has 1 atom stereocenters. The molecule has 0 aromatic heterocycles. The summed E-state index contributed by atoms with van der Waals surface area (Å²) in [5.74, 6) is -0.480. The molecule has 4 nitrogen and oxygen atoms in total. The van der Waals surface area contributed by atoms with Gasteiger partial charge in [0.1, 0.15) is 6.10 Å². The van der Waals surface area contributed by atoms with Crippen LogP contribution >= 0.6 is 0 Å². The van der Waals surface area contributed by atoms with E-state index in [1.165, 1.54) is 24.3 Å². The smallest absolute Gasteiger partial charge is 0.338 e. The zero-order valence-electron chi connectivity index (χ0n) is 11.8. The summed E-state index contributed by atoms with van der Waals surface area (Å²) in [7, 11) is -3.26. The Bertz CT molecular complexity index is 719. The van der Waals surface area contributed by atoms with E-state index in [2.05, 4.69) is 0 Å². The summed E-state index contributed by atoms with van der Waals surface area (Å²) in [6.45, 7) is 1.79. The van der Waals surface area contributed by atoms with E-state index in [-0.39, 0.29) is 11.0 Å². The quantitative estimate of drug-likeness (QED) is 0.815. The minimum atomic E-state index is -3.26. The molecule has 1 unspecified atom stereocenters. The molecule has 0 saturated carbocycles. The fraction of sp³-hybridized carbons (Fsp3) is 0.188. The second kappa shape index (κ2) is 6.10. The van der Waals surface area contributed by atoms with Crippen molar-refractivity contribution in [2.24, 2.45) is 0 Å². The van der Waals surface area contributed by atoms with E-state index in [4.69, 9.17) is 4.74 Å². The number of benzene rings is 2. The lowest BCUT2D eigenvalue weighted by molar-refractivity contribution is 0.0338. The summed E-state index contributed by atoms with van der Waals surface area (Å²) in [6, 6.07) is 15.1. The van der Waals surface area contributed by atoms with Crippen LogP contribution in [0.4, 0.5) is 0 Å². The van der Waals surface area contributed by atoms with Crippen molar-refractivity contribution in [2.45, 2.75) is 17.9 Å². The van der Waals surface area contributed by atoms with Gasteiger partial charge in [-0.3, -0.25) is 0 Å². The van der Waals surface area contributed by atoms with Gasteiger partial charge in [-0.2, -0.15) is 0 Å². The average molecular weight is 304 g/mol. The molecule has 0 aliphatic rings. The van der Waals surface area contributed by atoms with E-state index in [0.29, 0.717) is 5.56 Å². The molecule has 0 aliphatic carbocycles. The van der Waals surface area contributed by atoms with Gasteiger partial charge in [0.25, 0.3) is 0 Å². The summed E-state index contributed by atoms with van der Waals surface area (Å²) in [6.07, 6.45) is 0.755. The SMILES string of the molecule is CC(OC(=O)c1ccc(S(C)(=O)=O)cc1)c1ccccc1. The predicted octanol–water partition coefficient (Wildman–Crippen LogP) is 3.01. The van der Waals surface area contributed by atoms with E-state index in [1.807, 2.05) is 30.3 Å². The lowest BCUT2D eigenvalue weighted by atomic mass is 10.1. The molecule has 0 spiro atoms. The minimum absolute atomic E-state index is 0.176. The van der Waals surface area contributed by atoms with Crippen LogP contribution in [0, 0.1) is 0 Å². The Morgan fingerprint density at radius 1 is 1.00 bits per heavy atom. The van der Waals surface area contributed by atoms with Crippen molar-refractivity contribution in [1.29, 1.82) is 0 Å². The van der Waals surface area contributed by atoms with Crippen LogP contribution in [-0.2, 0) is 14.6 Å². The van der Waals surface area contributed by atoms with Gasteiger partial charge in [0, 0.05) is 6.26 Å². The van der Waals surface area contributed by atoms with E-state index >= 15 is 0 Å². The Hall–Kier alpha value is -2.14. The van der Waals surface area contributed by atoms with Gasteiger partial charge in [-0.15, -0.1) is 0 Å². The molecule has 0 radical (unpaired) electrons. The van der Waals surface area contributed by atoms with Gasteiger partial charge in [-0.1, -0.05) is 30.3 Å². The largest absolute Gasteiger partial charge is 0.454 e. The number of carbonyl (C=O) groups excluding carboxylic acids is 1. The van der Waals surface area contributed by atoms with Crippen LogP contribution in [0.3, 0.4) is 0 Å². The average Bonchev–Trinajstić information content (AvgIpc) is 2.47. The Morgan fingerprint density at radius 3 is 2.10 bits per heavy atom. The zero-order chi connectivity index (χ0) is 15.5. The van der Waals surface area contributed by atoms with Crippen LogP contribution in [0.25, 0.3) is 0 Å². The maximum Gasteiger partial charge on any atom is 0.338 e. The number of hydrogen-bond donors (Lipinski definition) is 0. The highest BCUT2D eigenvalue weighted by Crippen LogP contribution is 2.19. The van der Waals surface area contributed by atoms with Crippen molar-refractivity contribution in [3.05, 3.63) is 65.7 Å². The van der Waals surface area contributed by atoms with Crippen LogP contribution in [-0.4, -0.2) is 20.6 Å². The molecule has 0 bridgehead atoms. The first-order chi connectivity index (χ1) is 9.88. The molecule has 0 N–H and O–H groups in total. The van der Waals surface area contributed by atoms with E-state index in [9.17, 15) is 13.2 Å². The van der Waals surface area contributed by atoms with Gasteiger partial charge in [0.05, 0.1) is 10.5 Å². The first-order valence-corrected chi connectivity index (χ1v) is 8.33. The topological polar surface area (TPSA) is 60.4 Å². The van der Waals surface area contributed by atoms with Crippen molar-refractivity contribution in [3.8, 4) is 0 Å². The number of hydrogen-bond acceptors (Lipinski definition) is 4. The van der Waals surface area contributed by atoms with E-state index in [0.717, 1.165) is 11.8 Å². The van der Waals surface area contributed by atoms with Crippen molar-refractivity contribution < 1.29 is 17.9 Å². The van der Waals surface area contributed by atoms with Crippen LogP contribution in [0.5, 0.6) is 0 Å². The Balaban J connectivity index is 2.11. The molecule has 0 saturated heterocycles. The van der Waals surface area contributed by atoms with Gasteiger partial charge < -0.3 is 4.74 Å². The summed E-state index contributed by atoms with van der Waals surface area (Å²) in [4.78, 5) is 12.2. The van der Waals surface area contributed by atoms with Crippen LogP contribution in [0.15, 0.2) is 59.5 Å². The van der Waals surface area contributed by atoms with Gasteiger partial charge >= 0.3 is 5.97 Å². The van der Waals surface area contributed by atoms with Crippen molar-refractivity contribution in [1.82, 2.24) is 0 Å². The standard InChI is InChI=1S/C16H16O4S/c1-12(13-6-4-3-5-7-13)20-16(17)14-8-10-15(11-9-14)21(2,18)19/h3-12H,1-2H3. The zero-order valence-corrected chi connectivity index (χ0v) is 12.6. The second-order valence-electron chi connectivity index (χ2n) is 4.75. The molecule has 0 aliphatic heterocycles. The monoisotopic (exact) mass is 304 g/mol. The molecule has 5 heteroatoms. The number of ether oxygens (including phenoxy) is 1. The third-order valence-corrected chi connectivity index (χ3v) is 4.20. The van der Waals surface area contributed by atoms with Crippen LogP contribution in [0.2, 0.25) is 0 Å². The van der Waals surface area contributed by atoms with Gasteiger partial charge in [0.15, 0.2) is 9.84 Å². The first kappa shape index (κ1) is 15.3. The highest BCUT2D eigenvalue weighted by Gasteiger charge is 2.14. The third-order valence-electron chi connectivity index (χ3n) is 3.07. The fourth-order valence-corrected chi connectivity index (χ4v) is 2.49. The van der Waals surface area contributed by atoms with Crippen LogP contribution in [0.1, 0.15) is 28.9 Å². The third kappa shape index (κ3) is 3.92. The molecule has 21 heavy (non-hydrogen) atoms. The Morgan fingerprint density at radius 2 is 1.57 bits per heavy atom. The van der Waals surface area contributed by atoms with E-state index in [1.54, 1.807) is 6.92 Å². The molecule has 2 rings (SSSR count). The Labute approximate surface area is 124 Å². The van der Waals surface area contributed by atoms with Gasteiger partial charge in [-0.05, 0) is 36.8 Å². The van der Waals surface area contributed by atoms with Crippen LogP contribution < -0.4 is 0 Å². The minimum Gasteiger partial charge on any atom is -0.454 e. The van der Waals surface area contributed by atoms with Crippen molar-refractivity contribution in [2.75, 3.05) is 6.26 Å². The maximum atomic E-state index is 12.0. The first-order valence-electron chi connectivity index (χ1n) is 6.44. The molecule has 2 aromatic rings. The summed E-state index contributed by atoms with van der Waals surface area (Å²) >= 11 is 0. The summed E-state index contributed by atoms with van der Waals surface area (Å²) < 4.78 is 28.1. The number of carbonyl (C=O) groups is 1. The molecular formula is C16H16O4S. The number of rotatable bonds is 4. The highest BCUT2D eigenvalue weighted by atomic mass is 32.2. The summed E-state index contributed by atoms with van der Waals surface area (Å²) in [5.41, 5.74) is 1.23. The lowest BCUT2D eigenvalue weighted by Gasteiger charge is -2.13. The summed E-state index contributed by atoms with van der Waals surface area (Å²) in [5, 5.41) is 0. The molecule has 0 fully saturated rings. The molecule has 0 amide bonds. The molecular weight excluding hydrogens is 288 g/mol. The maximum absolute atomic E-state index is 12.0. The van der Waals surface area contributed by atoms with Gasteiger partial charge in [0.2, 0.25) is 0 Å². The lowest BCUT2D eigenvalue weighted by Crippen LogP contribution is -2.09. The molecule has 2 aromatic carbocycles. The Kier molecular flexibility index (Phi) is 4.43. The second-order valence-corrected chi connectivity index (χ2v) is 6.77. The highest BCUT2D eigenvalue weighted by molar-refractivity contribution is 7.90. The molecule has 110 valence electrons. The molecule has 0 heterocycles.